The van der Waals surface area contributed by atoms with Crippen molar-refractivity contribution >= 4 is 11.9 Å². The highest BCUT2D eigenvalue weighted by Crippen LogP contribution is 2.60. The number of rotatable bonds is 6. The van der Waals surface area contributed by atoms with E-state index < -0.39 is 35.9 Å². The standard InChI is InChI=1S/C25H32O9/c1-14-7-8-19-15(2)22(31-23-25(19)18(14)11-12-24(3,32-23)33-34-25)30-17-6-4-5-16(13-17)29-21(28)10-9-20(26)27/h4-6,13-15,18-19,22-23H,7-12H2,1-3H3,(H,26,27)/t14-,15-,18?,19?,22+,23+,24?,25?/m1/s1. The molecule has 4 aliphatic heterocycles. The lowest BCUT2D eigenvalue weighted by molar-refractivity contribution is -0.575. The number of esters is 1. The van der Waals surface area contributed by atoms with Crippen molar-refractivity contribution in [1.82, 2.24) is 0 Å². The molecule has 4 saturated heterocycles. The molecule has 5 fully saturated rings. The molecular formula is C25H32O9. The SMILES string of the molecule is C[C@@H]1CCC2[C@@H](C)[C@@H](Oc3cccc(OC(=O)CCC(=O)O)c3)O[C@H]3OC4(C)CCC1C23OO4. The molecular weight excluding hydrogens is 444 g/mol. The summed E-state index contributed by atoms with van der Waals surface area (Å²) in [6.07, 6.45) is 2.09. The van der Waals surface area contributed by atoms with Gasteiger partial charge in [-0.15, -0.1) is 0 Å². The van der Waals surface area contributed by atoms with Crippen molar-refractivity contribution in [1.29, 1.82) is 0 Å². The molecule has 6 rings (SSSR count). The Kier molecular flexibility index (Phi) is 6.08. The normalized spacial score (nSPS) is 40.7. The molecule has 1 aromatic carbocycles. The molecule has 0 aromatic heterocycles. The Labute approximate surface area is 198 Å². The maximum Gasteiger partial charge on any atom is 0.311 e. The van der Waals surface area contributed by atoms with Gasteiger partial charge in [0.15, 0.2) is 11.9 Å². The summed E-state index contributed by atoms with van der Waals surface area (Å²) < 4.78 is 24.3. The van der Waals surface area contributed by atoms with Crippen molar-refractivity contribution in [3.8, 4) is 11.5 Å². The van der Waals surface area contributed by atoms with Gasteiger partial charge in [-0.05, 0) is 50.2 Å². The molecule has 5 aliphatic rings. The number of benzene rings is 1. The molecule has 1 aromatic rings. The maximum atomic E-state index is 11.9. The number of ether oxygens (including phenoxy) is 4. The summed E-state index contributed by atoms with van der Waals surface area (Å²) in [6, 6.07) is 6.70. The summed E-state index contributed by atoms with van der Waals surface area (Å²) in [5, 5.41) is 8.74. The first-order chi connectivity index (χ1) is 16.2. The quantitative estimate of drug-likeness (QED) is 0.369. The highest BCUT2D eigenvalue weighted by Gasteiger charge is 2.69. The van der Waals surface area contributed by atoms with Gasteiger partial charge < -0.3 is 24.1 Å². The van der Waals surface area contributed by atoms with Crippen LogP contribution in [0.5, 0.6) is 11.5 Å². The second-order valence-electron chi connectivity index (χ2n) is 10.2. The summed E-state index contributed by atoms with van der Waals surface area (Å²) in [5.74, 6) is -0.851. The number of carboxylic acids is 1. The minimum absolute atomic E-state index is 0.00248. The van der Waals surface area contributed by atoms with E-state index >= 15 is 0 Å². The van der Waals surface area contributed by atoms with Crippen molar-refractivity contribution < 1.29 is 43.4 Å². The van der Waals surface area contributed by atoms with Gasteiger partial charge in [-0.2, -0.15) is 0 Å². The molecule has 9 nitrogen and oxygen atoms in total. The van der Waals surface area contributed by atoms with Gasteiger partial charge in [-0.3, -0.25) is 9.59 Å². The Hall–Kier alpha value is -2.20. The van der Waals surface area contributed by atoms with Crippen LogP contribution in [-0.4, -0.2) is 41.0 Å². The number of fused-ring (bicyclic) bond motifs is 2. The summed E-state index contributed by atoms with van der Waals surface area (Å²) in [5.41, 5.74) is -0.658. The van der Waals surface area contributed by atoms with E-state index in [2.05, 4.69) is 13.8 Å². The van der Waals surface area contributed by atoms with Gasteiger partial charge in [0.05, 0.1) is 12.8 Å². The molecule has 186 valence electrons. The molecule has 1 N–H and O–H groups in total. The molecule has 0 amide bonds. The molecule has 1 saturated carbocycles. The van der Waals surface area contributed by atoms with Crippen LogP contribution in [0.3, 0.4) is 0 Å². The second-order valence-corrected chi connectivity index (χ2v) is 10.2. The third-order valence-electron chi connectivity index (χ3n) is 7.93. The van der Waals surface area contributed by atoms with Gasteiger partial charge in [0.2, 0.25) is 12.1 Å². The maximum absolute atomic E-state index is 11.9. The van der Waals surface area contributed by atoms with Crippen molar-refractivity contribution in [3.05, 3.63) is 24.3 Å². The Balaban J connectivity index is 1.34. The molecule has 0 radical (unpaired) electrons. The fourth-order valence-electron chi connectivity index (χ4n) is 6.14. The zero-order valence-electron chi connectivity index (χ0n) is 19.7. The van der Waals surface area contributed by atoms with Crippen LogP contribution in [0.1, 0.15) is 59.3 Å². The fraction of sp³-hybridized carbons (Fsp3) is 0.680. The predicted molar refractivity (Wildman–Crippen MR) is 116 cm³/mol. The van der Waals surface area contributed by atoms with Gasteiger partial charge in [0.1, 0.15) is 11.5 Å². The fourth-order valence-corrected chi connectivity index (χ4v) is 6.14. The molecule has 34 heavy (non-hydrogen) atoms. The zero-order chi connectivity index (χ0) is 24.1. The first kappa shape index (κ1) is 23.5. The molecule has 1 aliphatic carbocycles. The van der Waals surface area contributed by atoms with Crippen LogP contribution < -0.4 is 9.47 Å². The van der Waals surface area contributed by atoms with E-state index in [1.165, 1.54) is 0 Å². The summed E-state index contributed by atoms with van der Waals surface area (Å²) >= 11 is 0. The van der Waals surface area contributed by atoms with Crippen molar-refractivity contribution in [2.75, 3.05) is 0 Å². The number of hydrogen-bond donors (Lipinski definition) is 1. The number of carboxylic acid groups (broad SMARTS) is 1. The molecule has 1 spiro atoms. The summed E-state index contributed by atoms with van der Waals surface area (Å²) in [4.78, 5) is 34.6. The van der Waals surface area contributed by atoms with E-state index in [4.69, 9.17) is 33.8 Å². The number of aliphatic carboxylic acids is 1. The number of carbonyl (C=O) groups is 2. The lowest BCUT2D eigenvalue weighted by atomic mass is 9.58. The van der Waals surface area contributed by atoms with Gasteiger partial charge in [-0.25, -0.2) is 9.78 Å². The van der Waals surface area contributed by atoms with Crippen LogP contribution >= 0.6 is 0 Å². The topological polar surface area (TPSA) is 110 Å². The molecule has 9 heteroatoms. The third-order valence-corrected chi connectivity index (χ3v) is 7.93. The van der Waals surface area contributed by atoms with Crippen LogP contribution in [0.4, 0.5) is 0 Å². The average molecular weight is 477 g/mol. The van der Waals surface area contributed by atoms with Gasteiger partial charge >= 0.3 is 11.9 Å². The first-order valence-corrected chi connectivity index (χ1v) is 12.1. The smallest absolute Gasteiger partial charge is 0.311 e. The lowest BCUT2D eigenvalue weighted by Gasteiger charge is -2.60. The number of carbonyl (C=O) groups excluding carboxylic acids is 1. The molecule has 2 bridgehead atoms. The minimum atomic E-state index is -1.05. The van der Waals surface area contributed by atoms with Crippen LogP contribution in [0.2, 0.25) is 0 Å². The Morgan fingerprint density at radius 3 is 2.68 bits per heavy atom. The van der Waals surface area contributed by atoms with Gasteiger partial charge in [0, 0.05) is 24.3 Å². The highest BCUT2D eigenvalue weighted by molar-refractivity contribution is 5.78. The highest BCUT2D eigenvalue weighted by atomic mass is 17.3. The monoisotopic (exact) mass is 476 g/mol. The van der Waals surface area contributed by atoms with E-state index in [9.17, 15) is 9.59 Å². The molecule has 4 heterocycles. The van der Waals surface area contributed by atoms with E-state index in [1.807, 2.05) is 6.92 Å². The van der Waals surface area contributed by atoms with E-state index in [0.717, 1.165) is 25.7 Å². The predicted octanol–water partition coefficient (Wildman–Crippen LogP) is 4.04. The third kappa shape index (κ3) is 4.08. The zero-order valence-corrected chi connectivity index (χ0v) is 19.7. The summed E-state index contributed by atoms with van der Waals surface area (Å²) in [6.45, 7) is 6.26. The van der Waals surface area contributed by atoms with Crippen molar-refractivity contribution in [3.63, 3.8) is 0 Å². The minimum Gasteiger partial charge on any atom is -0.481 e. The Morgan fingerprint density at radius 1 is 1.09 bits per heavy atom. The van der Waals surface area contributed by atoms with Crippen molar-refractivity contribution in [2.45, 2.75) is 83.3 Å². The van der Waals surface area contributed by atoms with Crippen molar-refractivity contribution in [2.24, 2.45) is 23.7 Å². The van der Waals surface area contributed by atoms with Crippen LogP contribution in [0, 0.1) is 23.7 Å². The van der Waals surface area contributed by atoms with Crippen LogP contribution in [0.15, 0.2) is 24.3 Å². The second kappa shape index (κ2) is 8.78. The van der Waals surface area contributed by atoms with Crippen LogP contribution in [0.25, 0.3) is 0 Å². The Morgan fingerprint density at radius 2 is 1.88 bits per heavy atom. The number of hydrogen-bond acceptors (Lipinski definition) is 8. The van der Waals surface area contributed by atoms with Gasteiger partial charge in [-0.1, -0.05) is 19.9 Å². The average Bonchev–Trinajstić information content (AvgIpc) is 3.02. The van der Waals surface area contributed by atoms with E-state index in [-0.39, 0.29) is 36.3 Å². The largest absolute Gasteiger partial charge is 0.481 e. The first-order valence-electron chi connectivity index (χ1n) is 12.1. The summed E-state index contributed by atoms with van der Waals surface area (Å²) in [7, 11) is 0. The van der Waals surface area contributed by atoms with E-state index in [0.29, 0.717) is 11.7 Å². The van der Waals surface area contributed by atoms with Gasteiger partial charge in [0.25, 0.3) is 0 Å². The van der Waals surface area contributed by atoms with E-state index in [1.54, 1.807) is 24.3 Å². The Bertz CT molecular complexity index is 950. The molecule has 4 unspecified atom stereocenters. The lowest BCUT2D eigenvalue weighted by Crippen LogP contribution is -2.70. The molecule has 8 atom stereocenters. The van der Waals surface area contributed by atoms with Crippen LogP contribution in [-0.2, 0) is 28.8 Å².